The van der Waals surface area contributed by atoms with Crippen molar-refractivity contribution in [3.05, 3.63) is 0 Å². The van der Waals surface area contributed by atoms with Crippen molar-refractivity contribution in [3.8, 4) is 0 Å². The summed E-state index contributed by atoms with van der Waals surface area (Å²) in [7, 11) is 0. The fourth-order valence-electron chi connectivity index (χ4n) is 0.938. The Bertz CT molecular complexity index is 58.3. The zero-order chi connectivity index (χ0) is 7.82. The van der Waals surface area contributed by atoms with Gasteiger partial charge in [0.2, 0.25) is 0 Å². The lowest BCUT2D eigenvalue weighted by atomic mass is 10.1. The smallest absolute Gasteiger partial charge is 0.0540 e. The molecule has 0 rings (SSSR count). The first-order valence-electron chi connectivity index (χ1n) is 4.19. The van der Waals surface area contributed by atoms with Crippen molar-refractivity contribution >= 4 is 0 Å². The van der Waals surface area contributed by atoms with Crippen LogP contribution in [-0.2, 0) is 0 Å². The number of hydrogen-bond acceptors (Lipinski definition) is 2. The monoisotopic (exact) mass is 145 g/mol. The van der Waals surface area contributed by atoms with Gasteiger partial charge in [-0.05, 0) is 25.8 Å². The highest BCUT2D eigenvalue weighted by Crippen LogP contribution is 2.05. The van der Waals surface area contributed by atoms with Crippen LogP contribution < -0.4 is 5.73 Å². The van der Waals surface area contributed by atoms with Crippen LogP contribution in [0.5, 0.6) is 0 Å². The number of rotatable bonds is 6. The van der Waals surface area contributed by atoms with E-state index in [4.69, 9.17) is 5.73 Å². The Hall–Kier alpha value is -0.0800. The van der Waals surface area contributed by atoms with Crippen molar-refractivity contribution in [3.63, 3.8) is 0 Å². The van der Waals surface area contributed by atoms with E-state index in [0.29, 0.717) is 6.54 Å². The molecule has 62 valence electrons. The maximum atomic E-state index is 9.26. The molecular weight excluding hydrogens is 126 g/mol. The molecular formula is C8H19NO. The highest BCUT2D eigenvalue weighted by molar-refractivity contribution is 4.55. The van der Waals surface area contributed by atoms with Gasteiger partial charge in [-0.1, -0.05) is 19.8 Å². The van der Waals surface area contributed by atoms with Crippen LogP contribution in [0.2, 0.25) is 0 Å². The first-order chi connectivity index (χ1) is 4.81. The van der Waals surface area contributed by atoms with Gasteiger partial charge in [-0.3, -0.25) is 0 Å². The molecule has 0 bridgehead atoms. The lowest BCUT2D eigenvalue weighted by Crippen LogP contribution is -2.09. The van der Waals surface area contributed by atoms with E-state index in [0.717, 1.165) is 25.7 Å². The van der Waals surface area contributed by atoms with Gasteiger partial charge in [-0.25, -0.2) is 0 Å². The van der Waals surface area contributed by atoms with Gasteiger partial charge in [0.25, 0.3) is 0 Å². The molecule has 0 aromatic rings. The molecule has 10 heavy (non-hydrogen) atoms. The van der Waals surface area contributed by atoms with Crippen molar-refractivity contribution in [1.29, 1.82) is 0 Å². The van der Waals surface area contributed by atoms with Crippen molar-refractivity contribution in [2.75, 3.05) is 6.54 Å². The minimum Gasteiger partial charge on any atom is -0.393 e. The Balaban J connectivity index is 3.00. The van der Waals surface area contributed by atoms with Gasteiger partial charge in [-0.2, -0.15) is 0 Å². The third-order valence-corrected chi connectivity index (χ3v) is 1.63. The molecule has 0 fully saturated rings. The van der Waals surface area contributed by atoms with Gasteiger partial charge < -0.3 is 10.8 Å². The molecule has 2 heteroatoms. The second kappa shape index (κ2) is 7.03. The molecule has 0 heterocycles. The molecule has 0 aliphatic rings. The quantitative estimate of drug-likeness (QED) is 0.591. The summed E-state index contributed by atoms with van der Waals surface area (Å²) < 4.78 is 0. The van der Waals surface area contributed by atoms with Crippen LogP contribution in [0.15, 0.2) is 0 Å². The van der Waals surface area contributed by atoms with Crippen molar-refractivity contribution in [2.45, 2.75) is 45.1 Å². The summed E-state index contributed by atoms with van der Waals surface area (Å²) in [5, 5.41) is 9.26. The molecule has 0 aromatic carbocycles. The van der Waals surface area contributed by atoms with E-state index in [9.17, 15) is 5.11 Å². The van der Waals surface area contributed by atoms with Gasteiger partial charge in [0, 0.05) is 0 Å². The number of unbranched alkanes of at least 4 members (excludes halogenated alkanes) is 1. The summed E-state index contributed by atoms with van der Waals surface area (Å²) in [5.74, 6) is 0. The molecule has 3 N–H and O–H groups in total. The molecule has 0 aromatic heterocycles. The van der Waals surface area contributed by atoms with E-state index in [1.165, 1.54) is 6.42 Å². The minimum atomic E-state index is -0.108. The van der Waals surface area contributed by atoms with Crippen LogP contribution in [0, 0.1) is 0 Å². The van der Waals surface area contributed by atoms with E-state index in [1.54, 1.807) is 0 Å². The fourth-order valence-corrected chi connectivity index (χ4v) is 0.938. The van der Waals surface area contributed by atoms with E-state index in [1.807, 2.05) is 0 Å². The van der Waals surface area contributed by atoms with Gasteiger partial charge in [0.1, 0.15) is 0 Å². The van der Waals surface area contributed by atoms with E-state index in [-0.39, 0.29) is 6.10 Å². The molecule has 1 unspecified atom stereocenters. The van der Waals surface area contributed by atoms with Crippen LogP contribution in [0.3, 0.4) is 0 Å². The van der Waals surface area contributed by atoms with Crippen LogP contribution in [0.25, 0.3) is 0 Å². The zero-order valence-electron chi connectivity index (χ0n) is 6.84. The molecule has 0 radical (unpaired) electrons. The van der Waals surface area contributed by atoms with Crippen molar-refractivity contribution < 1.29 is 5.11 Å². The standard InChI is InChI=1S/C8H19NO/c1-2-3-5-8(10)6-4-7-9/h8,10H,2-7,9H2,1H3. The predicted molar refractivity (Wildman–Crippen MR) is 43.8 cm³/mol. The topological polar surface area (TPSA) is 46.2 Å². The molecule has 0 saturated heterocycles. The molecule has 1 atom stereocenters. The number of aliphatic hydroxyl groups excluding tert-OH is 1. The van der Waals surface area contributed by atoms with Gasteiger partial charge >= 0.3 is 0 Å². The Morgan fingerprint density at radius 3 is 2.40 bits per heavy atom. The Labute approximate surface area is 63.4 Å². The van der Waals surface area contributed by atoms with Crippen LogP contribution >= 0.6 is 0 Å². The predicted octanol–water partition coefficient (Wildman–Crippen LogP) is 1.28. The maximum Gasteiger partial charge on any atom is 0.0540 e. The van der Waals surface area contributed by atoms with Gasteiger partial charge in [0.15, 0.2) is 0 Å². The lowest BCUT2D eigenvalue weighted by Gasteiger charge is -2.07. The number of aliphatic hydroxyl groups is 1. The molecule has 2 nitrogen and oxygen atoms in total. The van der Waals surface area contributed by atoms with E-state index < -0.39 is 0 Å². The van der Waals surface area contributed by atoms with E-state index in [2.05, 4.69) is 6.92 Å². The maximum absolute atomic E-state index is 9.26. The fraction of sp³-hybridized carbons (Fsp3) is 1.00. The SMILES string of the molecule is CCCCC(O)CCCN. The highest BCUT2D eigenvalue weighted by atomic mass is 16.3. The van der Waals surface area contributed by atoms with Crippen LogP contribution in [0.4, 0.5) is 0 Å². The summed E-state index contributed by atoms with van der Waals surface area (Å²) in [5.41, 5.74) is 5.29. The second-order valence-corrected chi connectivity index (χ2v) is 2.73. The molecule has 0 aliphatic heterocycles. The Morgan fingerprint density at radius 1 is 1.30 bits per heavy atom. The summed E-state index contributed by atoms with van der Waals surface area (Å²) in [6.07, 6.45) is 4.95. The molecule has 0 aliphatic carbocycles. The first kappa shape index (κ1) is 9.92. The zero-order valence-corrected chi connectivity index (χ0v) is 6.84. The summed E-state index contributed by atoms with van der Waals surface area (Å²) in [6.45, 7) is 2.83. The largest absolute Gasteiger partial charge is 0.393 e. The summed E-state index contributed by atoms with van der Waals surface area (Å²) in [6, 6.07) is 0. The average molecular weight is 145 g/mol. The Morgan fingerprint density at radius 2 is 1.90 bits per heavy atom. The third-order valence-electron chi connectivity index (χ3n) is 1.63. The third kappa shape index (κ3) is 6.05. The molecule has 0 spiro atoms. The molecule has 0 amide bonds. The number of hydrogen-bond donors (Lipinski definition) is 2. The van der Waals surface area contributed by atoms with Gasteiger partial charge in [0.05, 0.1) is 6.10 Å². The average Bonchev–Trinajstić information content (AvgIpc) is 1.97. The highest BCUT2D eigenvalue weighted by Gasteiger charge is 2.00. The number of nitrogens with two attached hydrogens (primary N) is 1. The van der Waals surface area contributed by atoms with Crippen molar-refractivity contribution in [1.82, 2.24) is 0 Å². The van der Waals surface area contributed by atoms with Crippen LogP contribution in [-0.4, -0.2) is 17.8 Å². The molecule has 0 saturated carbocycles. The van der Waals surface area contributed by atoms with Crippen molar-refractivity contribution in [2.24, 2.45) is 5.73 Å². The summed E-state index contributed by atoms with van der Waals surface area (Å²) in [4.78, 5) is 0. The van der Waals surface area contributed by atoms with E-state index >= 15 is 0 Å². The minimum absolute atomic E-state index is 0.108. The van der Waals surface area contributed by atoms with Crippen LogP contribution in [0.1, 0.15) is 39.0 Å². The first-order valence-corrected chi connectivity index (χ1v) is 4.19. The van der Waals surface area contributed by atoms with Gasteiger partial charge in [-0.15, -0.1) is 0 Å². The Kier molecular flexibility index (Phi) is 6.98. The normalized spacial score (nSPS) is 13.5. The lowest BCUT2D eigenvalue weighted by molar-refractivity contribution is 0.150. The summed E-state index contributed by atoms with van der Waals surface area (Å²) >= 11 is 0. The second-order valence-electron chi connectivity index (χ2n) is 2.73.